The van der Waals surface area contributed by atoms with Gasteiger partial charge in [0.1, 0.15) is 0 Å². The van der Waals surface area contributed by atoms with Crippen molar-refractivity contribution in [2.24, 2.45) is 0 Å². The molecule has 0 heterocycles. The summed E-state index contributed by atoms with van der Waals surface area (Å²) in [5.74, 6) is 0. The van der Waals surface area contributed by atoms with E-state index >= 15 is 0 Å². The van der Waals surface area contributed by atoms with Crippen molar-refractivity contribution in [3.05, 3.63) is 0 Å². The smallest absolute Gasteiger partial charge is 0.374 e. The van der Waals surface area contributed by atoms with Crippen molar-refractivity contribution in [3.8, 4) is 0 Å². The minimum atomic E-state index is -4.13. The molecule has 15 heavy (non-hydrogen) atoms. The Morgan fingerprint density at radius 2 is 1.80 bits per heavy atom. The topological polar surface area (TPSA) is 21.3 Å². The summed E-state index contributed by atoms with van der Waals surface area (Å²) in [4.78, 5) is 0. The molecule has 0 aromatic carbocycles. The summed E-state index contributed by atoms with van der Waals surface area (Å²) in [6, 6.07) is 0. The van der Waals surface area contributed by atoms with E-state index in [2.05, 4.69) is 5.32 Å². The Bertz CT molecular complexity index is 169. The summed E-state index contributed by atoms with van der Waals surface area (Å²) in [5, 5.41) is 3.12. The van der Waals surface area contributed by atoms with Gasteiger partial charge in [-0.3, -0.25) is 0 Å². The summed E-state index contributed by atoms with van der Waals surface area (Å²) in [5.41, 5.74) is -0.541. The SMILES string of the molecule is CCCNCC(C)(C)OCCC(F)(F)F. The van der Waals surface area contributed by atoms with Gasteiger partial charge in [-0.05, 0) is 26.8 Å². The Morgan fingerprint density at radius 1 is 1.20 bits per heavy atom. The first-order valence-corrected chi connectivity index (χ1v) is 5.18. The van der Waals surface area contributed by atoms with Crippen LogP contribution in [0.5, 0.6) is 0 Å². The van der Waals surface area contributed by atoms with Gasteiger partial charge in [-0.1, -0.05) is 6.92 Å². The van der Waals surface area contributed by atoms with E-state index < -0.39 is 18.2 Å². The molecule has 0 fully saturated rings. The van der Waals surface area contributed by atoms with E-state index in [0.717, 1.165) is 13.0 Å². The molecule has 0 atom stereocenters. The molecule has 2 nitrogen and oxygen atoms in total. The highest BCUT2D eigenvalue weighted by Gasteiger charge is 2.28. The number of hydrogen-bond acceptors (Lipinski definition) is 2. The molecule has 0 aliphatic heterocycles. The van der Waals surface area contributed by atoms with Gasteiger partial charge in [0.25, 0.3) is 0 Å². The van der Waals surface area contributed by atoms with Crippen molar-refractivity contribution in [2.75, 3.05) is 19.7 Å². The van der Waals surface area contributed by atoms with Crippen LogP contribution in [0.15, 0.2) is 0 Å². The standard InChI is InChI=1S/C10H20F3NO/c1-4-6-14-8-9(2,3)15-7-5-10(11,12)13/h14H,4-8H2,1-3H3. The Kier molecular flexibility index (Phi) is 6.20. The van der Waals surface area contributed by atoms with E-state index in [9.17, 15) is 13.2 Å². The van der Waals surface area contributed by atoms with Crippen LogP contribution >= 0.6 is 0 Å². The maximum Gasteiger partial charge on any atom is 0.391 e. The van der Waals surface area contributed by atoms with Crippen molar-refractivity contribution in [3.63, 3.8) is 0 Å². The maximum absolute atomic E-state index is 11.8. The largest absolute Gasteiger partial charge is 0.391 e. The van der Waals surface area contributed by atoms with Gasteiger partial charge in [-0.2, -0.15) is 13.2 Å². The highest BCUT2D eigenvalue weighted by molar-refractivity contribution is 4.71. The molecule has 92 valence electrons. The van der Waals surface area contributed by atoms with E-state index in [4.69, 9.17) is 4.74 Å². The van der Waals surface area contributed by atoms with E-state index in [1.165, 1.54) is 0 Å². The molecule has 0 saturated heterocycles. The first-order valence-electron chi connectivity index (χ1n) is 5.18. The van der Waals surface area contributed by atoms with Gasteiger partial charge >= 0.3 is 6.18 Å². The second-order valence-electron chi connectivity index (χ2n) is 4.15. The average molecular weight is 227 g/mol. The summed E-state index contributed by atoms with van der Waals surface area (Å²) in [6.45, 7) is 6.75. The Morgan fingerprint density at radius 3 is 2.27 bits per heavy atom. The molecule has 0 aliphatic carbocycles. The highest BCUT2D eigenvalue weighted by atomic mass is 19.4. The zero-order valence-corrected chi connectivity index (χ0v) is 9.58. The van der Waals surface area contributed by atoms with E-state index in [1.807, 2.05) is 6.92 Å². The van der Waals surface area contributed by atoms with Crippen LogP contribution in [0.1, 0.15) is 33.6 Å². The van der Waals surface area contributed by atoms with Gasteiger partial charge in [0, 0.05) is 6.54 Å². The van der Waals surface area contributed by atoms with Gasteiger partial charge in [0.15, 0.2) is 0 Å². The van der Waals surface area contributed by atoms with Crippen LogP contribution in [0.3, 0.4) is 0 Å². The third-order valence-electron chi connectivity index (χ3n) is 1.86. The van der Waals surface area contributed by atoms with E-state index in [1.54, 1.807) is 13.8 Å². The van der Waals surface area contributed by atoms with Gasteiger partial charge in [0.05, 0.1) is 18.6 Å². The molecule has 0 aromatic rings. The molecule has 0 saturated carbocycles. The zero-order chi connectivity index (χ0) is 11.9. The quantitative estimate of drug-likeness (QED) is 0.675. The fraction of sp³-hybridized carbons (Fsp3) is 1.00. The molecule has 0 aliphatic rings. The van der Waals surface area contributed by atoms with Crippen LogP contribution < -0.4 is 5.32 Å². The molecular formula is C10H20F3NO. The predicted molar refractivity (Wildman–Crippen MR) is 53.9 cm³/mol. The minimum Gasteiger partial charge on any atom is -0.374 e. The normalized spacial score (nSPS) is 13.2. The van der Waals surface area contributed by atoms with E-state index in [-0.39, 0.29) is 6.61 Å². The fourth-order valence-electron chi connectivity index (χ4n) is 1.06. The van der Waals surface area contributed by atoms with Crippen molar-refractivity contribution in [1.82, 2.24) is 5.32 Å². The lowest BCUT2D eigenvalue weighted by Gasteiger charge is -2.26. The second kappa shape index (κ2) is 6.33. The second-order valence-corrected chi connectivity index (χ2v) is 4.15. The van der Waals surface area contributed by atoms with Gasteiger partial charge < -0.3 is 10.1 Å². The molecule has 0 aromatic heterocycles. The molecule has 1 N–H and O–H groups in total. The Balaban J connectivity index is 3.64. The molecule has 5 heteroatoms. The minimum absolute atomic E-state index is 0.274. The first-order chi connectivity index (χ1) is 6.77. The number of rotatable bonds is 7. The van der Waals surface area contributed by atoms with E-state index in [0.29, 0.717) is 6.54 Å². The zero-order valence-electron chi connectivity index (χ0n) is 9.58. The third-order valence-corrected chi connectivity index (χ3v) is 1.86. The van der Waals surface area contributed by atoms with Crippen molar-refractivity contribution < 1.29 is 17.9 Å². The van der Waals surface area contributed by atoms with Crippen LogP contribution in [0.4, 0.5) is 13.2 Å². The Labute approximate surface area is 89.2 Å². The number of nitrogens with one attached hydrogen (secondary N) is 1. The van der Waals surface area contributed by atoms with Gasteiger partial charge in [-0.15, -0.1) is 0 Å². The number of alkyl halides is 3. The third kappa shape index (κ3) is 10.0. The lowest BCUT2D eigenvalue weighted by molar-refractivity contribution is -0.154. The molecule has 0 rings (SSSR count). The Hall–Kier alpha value is -0.290. The fourth-order valence-corrected chi connectivity index (χ4v) is 1.06. The van der Waals surface area contributed by atoms with Crippen molar-refractivity contribution in [2.45, 2.75) is 45.4 Å². The van der Waals surface area contributed by atoms with Crippen LogP contribution in [0, 0.1) is 0 Å². The van der Waals surface area contributed by atoms with Crippen LogP contribution in [-0.2, 0) is 4.74 Å². The lowest BCUT2D eigenvalue weighted by atomic mass is 10.1. The number of hydrogen-bond donors (Lipinski definition) is 1. The number of halogens is 3. The van der Waals surface area contributed by atoms with Crippen molar-refractivity contribution >= 4 is 0 Å². The summed E-state index contributed by atoms with van der Waals surface area (Å²) < 4.78 is 40.7. The molecular weight excluding hydrogens is 207 g/mol. The first kappa shape index (κ1) is 14.7. The van der Waals surface area contributed by atoms with Crippen LogP contribution in [0.25, 0.3) is 0 Å². The summed E-state index contributed by atoms with van der Waals surface area (Å²) >= 11 is 0. The van der Waals surface area contributed by atoms with Crippen LogP contribution in [0.2, 0.25) is 0 Å². The monoisotopic (exact) mass is 227 g/mol. The average Bonchev–Trinajstić information content (AvgIpc) is 2.01. The summed E-state index contributed by atoms with van der Waals surface area (Å²) in [7, 11) is 0. The molecule has 0 amide bonds. The highest BCUT2D eigenvalue weighted by Crippen LogP contribution is 2.20. The molecule has 0 spiro atoms. The van der Waals surface area contributed by atoms with Crippen molar-refractivity contribution in [1.29, 1.82) is 0 Å². The molecule has 0 unspecified atom stereocenters. The predicted octanol–water partition coefficient (Wildman–Crippen LogP) is 2.73. The number of ether oxygens (including phenoxy) is 1. The van der Waals surface area contributed by atoms with Gasteiger partial charge in [-0.25, -0.2) is 0 Å². The summed E-state index contributed by atoms with van der Waals surface area (Å²) in [6.07, 6.45) is -4.02. The molecule has 0 bridgehead atoms. The maximum atomic E-state index is 11.8. The van der Waals surface area contributed by atoms with Gasteiger partial charge in [0.2, 0.25) is 0 Å². The van der Waals surface area contributed by atoms with Crippen LogP contribution in [-0.4, -0.2) is 31.5 Å². The molecule has 0 radical (unpaired) electrons. The lowest BCUT2D eigenvalue weighted by Crippen LogP contribution is -2.38.